The number of ether oxygens (including phenoxy) is 1. The Morgan fingerprint density at radius 3 is 2.62 bits per heavy atom. The van der Waals surface area contributed by atoms with Gasteiger partial charge in [0.15, 0.2) is 0 Å². The molecule has 0 aliphatic heterocycles. The predicted molar refractivity (Wildman–Crippen MR) is 62.3 cm³/mol. The Kier molecular flexibility index (Phi) is 3.23. The van der Waals surface area contributed by atoms with Crippen LogP contribution in [0.5, 0.6) is 5.88 Å². The standard InChI is InChI=1S/C12H11N3O/c1-16-12-3-2-11(9-15-12)14-8-10-4-6-13-7-5-10/h2-9H,1H3. The maximum atomic E-state index is 4.96. The lowest BCUT2D eigenvalue weighted by Gasteiger charge is -1.97. The van der Waals surface area contributed by atoms with Crippen molar-refractivity contribution < 1.29 is 4.74 Å². The van der Waals surface area contributed by atoms with Gasteiger partial charge in [-0.05, 0) is 23.8 Å². The highest BCUT2D eigenvalue weighted by Gasteiger charge is 1.92. The van der Waals surface area contributed by atoms with Crippen LogP contribution in [0.1, 0.15) is 5.56 Å². The van der Waals surface area contributed by atoms with Gasteiger partial charge in [0.1, 0.15) is 0 Å². The van der Waals surface area contributed by atoms with Crippen molar-refractivity contribution in [2.24, 2.45) is 4.99 Å². The van der Waals surface area contributed by atoms with Gasteiger partial charge in [0.05, 0.1) is 19.0 Å². The van der Waals surface area contributed by atoms with Crippen molar-refractivity contribution in [3.05, 3.63) is 48.4 Å². The lowest BCUT2D eigenvalue weighted by atomic mass is 10.3. The molecule has 4 nitrogen and oxygen atoms in total. The Labute approximate surface area is 93.7 Å². The van der Waals surface area contributed by atoms with E-state index in [2.05, 4.69) is 15.0 Å². The highest BCUT2D eigenvalue weighted by molar-refractivity contribution is 5.81. The van der Waals surface area contributed by atoms with E-state index in [-0.39, 0.29) is 0 Å². The summed E-state index contributed by atoms with van der Waals surface area (Å²) in [6.45, 7) is 0. The van der Waals surface area contributed by atoms with E-state index < -0.39 is 0 Å². The van der Waals surface area contributed by atoms with E-state index in [1.165, 1.54) is 0 Å². The number of rotatable bonds is 3. The molecule has 0 fully saturated rings. The molecular weight excluding hydrogens is 202 g/mol. The van der Waals surface area contributed by atoms with Crippen molar-refractivity contribution in [2.45, 2.75) is 0 Å². The van der Waals surface area contributed by atoms with Crippen LogP contribution in [0.3, 0.4) is 0 Å². The predicted octanol–water partition coefficient (Wildman–Crippen LogP) is 2.24. The van der Waals surface area contributed by atoms with Crippen molar-refractivity contribution in [2.75, 3.05) is 7.11 Å². The smallest absolute Gasteiger partial charge is 0.213 e. The normalized spacial score (nSPS) is 10.6. The Hall–Kier alpha value is -2.23. The molecule has 0 saturated carbocycles. The third kappa shape index (κ3) is 2.63. The summed E-state index contributed by atoms with van der Waals surface area (Å²) >= 11 is 0. The minimum atomic E-state index is 0.586. The number of aromatic nitrogens is 2. The summed E-state index contributed by atoms with van der Waals surface area (Å²) in [6.07, 6.45) is 6.89. The summed E-state index contributed by atoms with van der Waals surface area (Å²) in [5, 5.41) is 0. The average Bonchev–Trinajstić information content (AvgIpc) is 2.38. The van der Waals surface area contributed by atoms with Gasteiger partial charge in [-0.25, -0.2) is 4.98 Å². The second kappa shape index (κ2) is 5.02. The summed E-state index contributed by atoms with van der Waals surface area (Å²) in [5.41, 5.74) is 1.79. The van der Waals surface area contributed by atoms with Crippen molar-refractivity contribution >= 4 is 11.9 Å². The highest BCUT2D eigenvalue weighted by atomic mass is 16.5. The van der Waals surface area contributed by atoms with Crippen LogP contribution < -0.4 is 4.74 Å². The summed E-state index contributed by atoms with van der Waals surface area (Å²) in [5.74, 6) is 0.586. The van der Waals surface area contributed by atoms with Crippen molar-refractivity contribution in [3.8, 4) is 5.88 Å². The molecular formula is C12H11N3O. The zero-order valence-corrected chi connectivity index (χ0v) is 8.87. The highest BCUT2D eigenvalue weighted by Crippen LogP contribution is 2.13. The molecule has 2 aromatic rings. The molecule has 16 heavy (non-hydrogen) atoms. The van der Waals surface area contributed by atoms with Crippen molar-refractivity contribution in [3.63, 3.8) is 0 Å². The Balaban J connectivity index is 2.12. The van der Waals surface area contributed by atoms with Gasteiger partial charge in [-0.1, -0.05) is 0 Å². The minimum absolute atomic E-state index is 0.586. The molecule has 0 aromatic carbocycles. The fraction of sp³-hybridized carbons (Fsp3) is 0.0833. The quantitative estimate of drug-likeness (QED) is 0.734. The Morgan fingerprint density at radius 2 is 2.00 bits per heavy atom. The van der Waals surface area contributed by atoms with Gasteiger partial charge >= 0.3 is 0 Å². The monoisotopic (exact) mass is 213 g/mol. The van der Waals surface area contributed by atoms with Gasteiger partial charge in [0.2, 0.25) is 5.88 Å². The van der Waals surface area contributed by atoms with Crippen LogP contribution in [-0.4, -0.2) is 23.3 Å². The molecule has 0 amide bonds. The van der Waals surface area contributed by atoms with Gasteiger partial charge in [-0.2, -0.15) is 0 Å². The molecule has 0 atom stereocenters. The molecule has 0 radical (unpaired) electrons. The molecule has 2 rings (SSSR count). The van der Waals surface area contributed by atoms with E-state index in [4.69, 9.17) is 4.74 Å². The van der Waals surface area contributed by atoms with Crippen LogP contribution in [0.15, 0.2) is 47.8 Å². The van der Waals surface area contributed by atoms with E-state index in [0.717, 1.165) is 11.3 Å². The molecule has 0 unspecified atom stereocenters. The first-order valence-electron chi connectivity index (χ1n) is 4.82. The van der Waals surface area contributed by atoms with Gasteiger partial charge in [0, 0.05) is 24.7 Å². The fourth-order valence-electron chi connectivity index (χ4n) is 1.17. The molecule has 0 bridgehead atoms. The van der Waals surface area contributed by atoms with E-state index in [1.54, 1.807) is 38.0 Å². The van der Waals surface area contributed by atoms with E-state index in [9.17, 15) is 0 Å². The number of nitrogens with zero attached hydrogens (tertiary/aromatic N) is 3. The summed E-state index contributed by atoms with van der Waals surface area (Å²) in [7, 11) is 1.59. The third-order valence-electron chi connectivity index (χ3n) is 2.00. The third-order valence-corrected chi connectivity index (χ3v) is 2.00. The fourth-order valence-corrected chi connectivity index (χ4v) is 1.17. The van der Waals surface area contributed by atoms with Gasteiger partial charge in [-0.3, -0.25) is 9.98 Å². The molecule has 0 aliphatic rings. The van der Waals surface area contributed by atoms with Crippen molar-refractivity contribution in [1.29, 1.82) is 0 Å². The Morgan fingerprint density at radius 1 is 1.19 bits per heavy atom. The molecule has 0 aliphatic carbocycles. The van der Waals surface area contributed by atoms with Crippen molar-refractivity contribution in [1.82, 2.24) is 9.97 Å². The molecule has 2 aromatic heterocycles. The number of methoxy groups -OCH3 is 1. The van der Waals surface area contributed by atoms with Gasteiger partial charge < -0.3 is 4.74 Å². The van der Waals surface area contributed by atoms with E-state index >= 15 is 0 Å². The Bertz CT molecular complexity index is 465. The second-order valence-corrected chi connectivity index (χ2v) is 3.10. The molecule has 0 saturated heterocycles. The van der Waals surface area contributed by atoms with E-state index in [0.29, 0.717) is 5.88 Å². The summed E-state index contributed by atoms with van der Waals surface area (Å²) in [6, 6.07) is 7.41. The summed E-state index contributed by atoms with van der Waals surface area (Å²) < 4.78 is 4.96. The number of aliphatic imine (C=N–C) groups is 1. The second-order valence-electron chi connectivity index (χ2n) is 3.10. The number of hydrogen-bond donors (Lipinski definition) is 0. The largest absolute Gasteiger partial charge is 0.481 e. The average molecular weight is 213 g/mol. The van der Waals surface area contributed by atoms with Crippen LogP contribution in [0.25, 0.3) is 0 Å². The molecule has 0 spiro atoms. The first-order chi connectivity index (χ1) is 7.88. The lowest BCUT2D eigenvalue weighted by molar-refractivity contribution is 0.398. The molecule has 0 N–H and O–H groups in total. The maximum Gasteiger partial charge on any atom is 0.213 e. The van der Waals surface area contributed by atoms with Crippen LogP contribution in [0.2, 0.25) is 0 Å². The van der Waals surface area contributed by atoms with Crippen LogP contribution in [0, 0.1) is 0 Å². The minimum Gasteiger partial charge on any atom is -0.481 e. The number of pyridine rings is 2. The number of hydrogen-bond acceptors (Lipinski definition) is 4. The first kappa shape index (κ1) is 10.3. The topological polar surface area (TPSA) is 47.4 Å². The molecule has 2 heterocycles. The molecule has 4 heteroatoms. The zero-order chi connectivity index (χ0) is 11.2. The SMILES string of the molecule is COc1ccc(N=Cc2ccncc2)cn1. The van der Waals surface area contributed by atoms with E-state index in [1.807, 2.05) is 18.2 Å². The van der Waals surface area contributed by atoms with Gasteiger partial charge in [-0.15, -0.1) is 0 Å². The van der Waals surface area contributed by atoms with Crippen LogP contribution in [0.4, 0.5) is 5.69 Å². The van der Waals surface area contributed by atoms with Crippen LogP contribution in [-0.2, 0) is 0 Å². The lowest BCUT2D eigenvalue weighted by Crippen LogP contribution is -1.85. The maximum absolute atomic E-state index is 4.96. The molecule has 80 valence electrons. The van der Waals surface area contributed by atoms with Crippen LogP contribution >= 0.6 is 0 Å². The van der Waals surface area contributed by atoms with Gasteiger partial charge in [0.25, 0.3) is 0 Å². The summed E-state index contributed by atoms with van der Waals surface area (Å²) in [4.78, 5) is 12.3. The first-order valence-corrected chi connectivity index (χ1v) is 4.82. The zero-order valence-electron chi connectivity index (χ0n) is 8.87.